The van der Waals surface area contributed by atoms with Crippen LogP contribution in [0.25, 0.3) is 0 Å². The van der Waals surface area contributed by atoms with Crippen LogP contribution in [-0.4, -0.2) is 23.4 Å². The van der Waals surface area contributed by atoms with Gasteiger partial charge < -0.3 is 15.0 Å². The number of hydrogen-bond donors (Lipinski definition) is 1. The van der Waals surface area contributed by atoms with Crippen LogP contribution < -0.4 is 5.73 Å². The number of rotatable bonds is 7. The minimum atomic E-state index is -0.396. The van der Waals surface area contributed by atoms with E-state index < -0.39 is 6.04 Å². The molecule has 1 heterocycles. The number of ether oxygens (including phenoxy) is 1. The van der Waals surface area contributed by atoms with E-state index in [1.807, 2.05) is 6.92 Å². The smallest absolute Gasteiger partial charge is 0.231 e. The van der Waals surface area contributed by atoms with E-state index in [1.54, 1.807) is 12.1 Å². The normalized spacial score (nSPS) is 12.6. The van der Waals surface area contributed by atoms with Crippen molar-refractivity contribution in [3.8, 4) is 0 Å². The lowest BCUT2D eigenvalue weighted by atomic mass is 10.1. The van der Waals surface area contributed by atoms with Crippen molar-refractivity contribution in [3.63, 3.8) is 0 Å². The molecule has 0 bridgehead atoms. The Morgan fingerprint density at radius 3 is 2.80 bits per heavy atom. The molecule has 0 amide bonds. The summed E-state index contributed by atoms with van der Waals surface area (Å²) >= 11 is 0. The van der Waals surface area contributed by atoms with Crippen molar-refractivity contribution < 1.29 is 13.7 Å². The highest BCUT2D eigenvalue weighted by atomic mass is 19.1. The third-order valence-electron chi connectivity index (χ3n) is 2.73. The first-order valence-electron chi connectivity index (χ1n) is 6.59. The Balaban J connectivity index is 1.93. The average Bonchev–Trinajstić information content (AvgIpc) is 2.90. The number of nitrogens with two attached hydrogens (primary N) is 1. The van der Waals surface area contributed by atoms with Crippen LogP contribution in [0.1, 0.15) is 36.7 Å². The molecule has 0 saturated heterocycles. The predicted molar refractivity (Wildman–Crippen MR) is 71.5 cm³/mol. The largest absolute Gasteiger partial charge is 0.379 e. The van der Waals surface area contributed by atoms with Gasteiger partial charge in [0.05, 0.1) is 19.1 Å². The number of benzene rings is 1. The van der Waals surface area contributed by atoms with E-state index >= 15 is 0 Å². The summed E-state index contributed by atoms with van der Waals surface area (Å²) in [6, 6.07) is 5.77. The molecule has 0 aliphatic heterocycles. The summed E-state index contributed by atoms with van der Waals surface area (Å²) in [5.74, 6) is 0.617. The summed E-state index contributed by atoms with van der Waals surface area (Å²) in [4.78, 5) is 4.23. The summed E-state index contributed by atoms with van der Waals surface area (Å²) in [6.07, 6.45) is 1.39. The van der Waals surface area contributed by atoms with E-state index in [-0.39, 0.29) is 5.82 Å². The van der Waals surface area contributed by atoms with Gasteiger partial charge in [-0.1, -0.05) is 24.2 Å². The molecule has 0 saturated carbocycles. The molecule has 1 atom stereocenters. The van der Waals surface area contributed by atoms with E-state index in [2.05, 4.69) is 10.1 Å². The first-order chi connectivity index (χ1) is 9.69. The van der Waals surface area contributed by atoms with Crippen LogP contribution in [0.4, 0.5) is 4.39 Å². The number of halogens is 1. The standard InChI is InChI=1S/C14H18FN3O2/c1-2-7-19-9-12(16)14-17-13(20-18-14)8-10-3-5-11(15)6-4-10/h3-6,12H,2,7-9,16H2,1H3. The molecule has 2 rings (SSSR count). The lowest BCUT2D eigenvalue weighted by Crippen LogP contribution is -2.18. The van der Waals surface area contributed by atoms with Crippen molar-refractivity contribution in [2.24, 2.45) is 5.73 Å². The minimum Gasteiger partial charge on any atom is -0.379 e. The Morgan fingerprint density at radius 1 is 1.35 bits per heavy atom. The van der Waals surface area contributed by atoms with Crippen molar-refractivity contribution in [3.05, 3.63) is 47.4 Å². The van der Waals surface area contributed by atoms with Crippen molar-refractivity contribution in [2.75, 3.05) is 13.2 Å². The molecule has 108 valence electrons. The Morgan fingerprint density at radius 2 is 2.10 bits per heavy atom. The van der Waals surface area contributed by atoms with Gasteiger partial charge in [-0.3, -0.25) is 0 Å². The monoisotopic (exact) mass is 279 g/mol. The Bertz CT molecular complexity index is 527. The first kappa shape index (κ1) is 14.6. The summed E-state index contributed by atoms with van der Waals surface area (Å²) in [5.41, 5.74) is 6.80. The van der Waals surface area contributed by atoms with Gasteiger partial charge in [0.15, 0.2) is 5.82 Å². The van der Waals surface area contributed by atoms with E-state index in [9.17, 15) is 4.39 Å². The fourth-order valence-corrected chi connectivity index (χ4v) is 1.70. The molecule has 0 fully saturated rings. The van der Waals surface area contributed by atoms with Crippen LogP contribution >= 0.6 is 0 Å². The molecular formula is C14H18FN3O2. The molecule has 0 spiro atoms. The highest BCUT2D eigenvalue weighted by Crippen LogP contribution is 2.12. The summed E-state index contributed by atoms with van der Waals surface area (Å²) in [7, 11) is 0. The second-order valence-corrected chi connectivity index (χ2v) is 4.53. The number of nitrogens with zero attached hydrogens (tertiary/aromatic N) is 2. The van der Waals surface area contributed by atoms with Gasteiger partial charge in [0.1, 0.15) is 5.82 Å². The van der Waals surface area contributed by atoms with Crippen LogP contribution in [0, 0.1) is 5.82 Å². The molecule has 1 aromatic carbocycles. The lowest BCUT2D eigenvalue weighted by Gasteiger charge is -2.06. The maximum atomic E-state index is 12.8. The van der Waals surface area contributed by atoms with E-state index in [0.29, 0.717) is 31.3 Å². The molecule has 0 radical (unpaired) electrons. The number of aromatic nitrogens is 2. The summed E-state index contributed by atoms with van der Waals surface area (Å²) < 4.78 is 23.3. The van der Waals surface area contributed by atoms with Crippen molar-refractivity contribution in [2.45, 2.75) is 25.8 Å². The highest BCUT2D eigenvalue weighted by Gasteiger charge is 2.14. The Kier molecular flexibility index (Phi) is 5.20. The lowest BCUT2D eigenvalue weighted by molar-refractivity contribution is 0.119. The van der Waals surface area contributed by atoms with E-state index in [0.717, 1.165) is 12.0 Å². The molecule has 5 nitrogen and oxygen atoms in total. The van der Waals surface area contributed by atoms with Gasteiger partial charge in [0.2, 0.25) is 5.89 Å². The fraction of sp³-hybridized carbons (Fsp3) is 0.429. The van der Waals surface area contributed by atoms with Crippen LogP contribution in [-0.2, 0) is 11.2 Å². The molecular weight excluding hydrogens is 261 g/mol. The summed E-state index contributed by atoms with van der Waals surface area (Å²) in [5, 5.41) is 3.84. The Labute approximate surface area is 116 Å². The van der Waals surface area contributed by atoms with Crippen LogP contribution in [0.5, 0.6) is 0 Å². The molecule has 6 heteroatoms. The van der Waals surface area contributed by atoms with E-state index in [1.165, 1.54) is 12.1 Å². The molecule has 1 aromatic heterocycles. The van der Waals surface area contributed by atoms with Gasteiger partial charge >= 0.3 is 0 Å². The predicted octanol–water partition coefficient (Wildman–Crippen LogP) is 2.23. The maximum absolute atomic E-state index is 12.8. The number of hydrogen-bond acceptors (Lipinski definition) is 5. The molecule has 0 aliphatic carbocycles. The molecule has 2 N–H and O–H groups in total. The zero-order chi connectivity index (χ0) is 14.4. The van der Waals surface area contributed by atoms with Crippen LogP contribution in [0.15, 0.2) is 28.8 Å². The zero-order valence-corrected chi connectivity index (χ0v) is 11.4. The van der Waals surface area contributed by atoms with Crippen molar-refractivity contribution >= 4 is 0 Å². The van der Waals surface area contributed by atoms with Gasteiger partial charge in [0, 0.05) is 6.61 Å². The molecule has 20 heavy (non-hydrogen) atoms. The Hall–Kier alpha value is -1.79. The van der Waals surface area contributed by atoms with Crippen molar-refractivity contribution in [1.82, 2.24) is 10.1 Å². The third kappa shape index (κ3) is 4.11. The van der Waals surface area contributed by atoms with Gasteiger partial charge in [-0.15, -0.1) is 0 Å². The fourth-order valence-electron chi connectivity index (χ4n) is 1.70. The molecule has 2 aromatic rings. The second kappa shape index (κ2) is 7.12. The summed E-state index contributed by atoms with van der Waals surface area (Å²) in [6.45, 7) is 3.05. The van der Waals surface area contributed by atoms with Crippen molar-refractivity contribution in [1.29, 1.82) is 0 Å². The first-order valence-corrected chi connectivity index (χ1v) is 6.59. The SMILES string of the molecule is CCCOCC(N)c1noc(Cc2ccc(F)cc2)n1. The quantitative estimate of drug-likeness (QED) is 0.787. The van der Waals surface area contributed by atoms with Gasteiger partial charge in [0.25, 0.3) is 0 Å². The maximum Gasteiger partial charge on any atom is 0.231 e. The average molecular weight is 279 g/mol. The van der Waals surface area contributed by atoms with Crippen LogP contribution in [0.3, 0.4) is 0 Å². The van der Waals surface area contributed by atoms with Gasteiger partial charge in [-0.05, 0) is 24.1 Å². The molecule has 1 unspecified atom stereocenters. The second-order valence-electron chi connectivity index (χ2n) is 4.53. The zero-order valence-electron chi connectivity index (χ0n) is 11.4. The van der Waals surface area contributed by atoms with Crippen LogP contribution in [0.2, 0.25) is 0 Å². The van der Waals surface area contributed by atoms with Gasteiger partial charge in [-0.2, -0.15) is 4.98 Å². The minimum absolute atomic E-state index is 0.268. The van der Waals surface area contributed by atoms with E-state index in [4.69, 9.17) is 15.0 Å². The molecule has 0 aliphatic rings. The highest BCUT2D eigenvalue weighted by molar-refractivity contribution is 5.19. The van der Waals surface area contributed by atoms with Gasteiger partial charge in [-0.25, -0.2) is 4.39 Å². The third-order valence-corrected chi connectivity index (χ3v) is 2.73. The topological polar surface area (TPSA) is 74.2 Å².